The van der Waals surface area contributed by atoms with E-state index in [-0.39, 0.29) is 17.7 Å². The van der Waals surface area contributed by atoms with E-state index in [1.165, 1.54) is 5.56 Å². The number of benzene rings is 1. The summed E-state index contributed by atoms with van der Waals surface area (Å²) in [5.74, 6) is 0.259. The number of hydrogen-bond donors (Lipinski definition) is 0. The van der Waals surface area contributed by atoms with Gasteiger partial charge in [0.25, 0.3) is 5.91 Å². The molecule has 1 fully saturated rings. The van der Waals surface area contributed by atoms with Crippen molar-refractivity contribution in [3.05, 3.63) is 34.9 Å². The summed E-state index contributed by atoms with van der Waals surface area (Å²) in [7, 11) is 0. The van der Waals surface area contributed by atoms with Crippen molar-refractivity contribution in [3.8, 4) is 0 Å². The van der Waals surface area contributed by atoms with E-state index in [1.54, 1.807) is 0 Å². The Morgan fingerprint density at radius 2 is 1.52 bits per heavy atom. The van der Waals surface area contributed by atoms with Crippen molar-refractivity contribution in [2.75, 3.05) is 26.2 Å². The minimum Gasteiger partial charge on any atom is -0.339 e. The number of rotatable bonds is 2. The molecule has 2 amide bonds. The second-order valence-corrected chi connectivity index (χ2v) is 6.07. The molecule has 1 aliphatic heterocycles. The molecule has 2 rings (SSSR count). The lowest BCUT2D eigenvalue weighted by Crippen LogP contribution is -2.51. The summed E-state index contributed by atoms with van der Waals surface area (Å²) in [6.45, 7) is 10.4. The Balaban J connectivity index is 2.00. The van der Waals surface area contributed by atoms with Gasteiger partial charge in [-0.05, 0) is 37.1 Å². The summed E-state index contributed by atoms with van der Waals surface area (Å²) in [6.07, 6.45) is 0. The molecule has 1 saturated heterocycles. The van der Waals surface area contributed by atoms with Gasteiger partial charge in [-0.15, -0.1) is 0 Å². The average molecular weight is 288 g/mol. The molecule has 0 N–H and O–H groups in total. The Morgan fingerprint density at radius 1 is 0.952 bits per heavy atom. The van der Waals surface area contributed by atoms with Crippen LogP contribution in [-0.4, -0.2) is 47.8 Å². The summed E-state index contributed by atoms with van der Waals surface area (Å²) >= 11 is 0. The van der Waals surface area contributed by atoms with E-state index >= 15 is 0 Å². The average Bonchev–Trinajstić information content (AvgIpc) is 2.48. The second-order valence-electron chi connectivity index (χ2n) is 6.07. The van der Waals surface area contributed by atoms with Crippen molar-refractivity contribution in [2.24, 2.45) is 5.92 Å². The molecular formula is C17H24N2O2. The molecule has 0 radical (unpaired) electrons. The van der Waals surface area contributed by atoms with Crippen LogP contribution in [0.2, 0.25) is 0 Å². The van der Waals surface area contributed by atoms with Gasteiger partial charge in [-0.3, -0.25) is 9.59 Å². The fourth-order valence-electron chi connectivity index (χ4n) is 2.55. The zero-order valence-corrected chi connectivity index (χ0v) is 13.3. The molecule has 0 aliphatic carbocycles. The number of nitrogens with zero attached hydrogens (tertiary/aromatic N) is 2. The highest BCUT2D eigenvalue weighted by molar-refractivity contribution is 5.94. The SMILES string of the molecule is Cc1ccc(C(=O)N2CCN(C(=O)C(C)C)CC2)cc1C. The van der Waals surface area contributed by atoms with E-state index in [0.717, 1.165) is 11.1 Å². The monoisotopic (exact) mass is 288 g/mol. The fourth-order valence-corrected chi connectivity index (χ4v) is 2.55. The number of hydrogen-bond acceptors (Lipinski definition) is 2. The first-order valence-electron chi connectivity index (χ1n) is 7.55. The van der Waals surface area contributed by atoms with Crippen LogP contribution in [0.1, 0.15) is 35.3 Å². The number of amides is 2. The highest BCUT2D eigenvalue weighted by atomic mass is 16.2. The first kappa shape index (κ1) is 15.5. The minimum absolute atomic E-state index is 0.0204. The van der Waals surface area contributed by atoms with Gasteiger partial charge < -0.3 is 9.80 Å². The van der Waals surface area contributed by atoms with Crippen LogP contribution >= 0.6 is 0 Å². The zero-order valence-electron chi connectivity index (χ0n) is 13.3. The van der Waals surface area contributed by atoms with Gasteiger partial charge in [-0.1, -0.05) is 19.9 Å². The second kappa shape index (κ2) is 6.29. The topological polar surface area (TPSA) is 40.6 Å². The Morgan fingerprint density at radius 3 is 2.05 bits per heavy atom. The molecule has 0 spiro atoms. The van der Waals surface area contributed by atoms with Crippen LogP contribution in [0, 0.1) is 19.8 Å². The number of carbonyl (C=O) groups is 2. The quantitative estimate of drug-likeness (QED) is 0.837. The van der Waals surface area contributed by atoms with Crippen molar-refractivity contribution < 1.29 is 9.59 Å². The van der Waals surface area contributed by atoms with Crippen molar-refractivity contribution in [1.29, 1.82) is 0 Å². The molecule has 0 aromatic heterocycles. The van der Waals surface area contributed by atoms with Crippen LogP contribution in [0.15, 0.2) is 18.2 Å². The Kier molecular flexibility index (Phi) is 4.66. The van der Waals surface area contributed by atoms with Crippen molar-refractivity contribution in [3.63, 3.8) is 0 Å². The molecule has 1 aromatic carbocycles. The predicted octanol–water partition coefficient (Wildman–Crippen LogP) is 2.24. The molecular weight excluding hydrogens is 264 g/mol. The van der Waals surface area contributed by atoms with Crippen molar-refractivity contribution in [2.45, 2.75) is 27.7 Å². The third-order valence-corrected chi connectivity index (χ3v) is 4.13. The predicted molar refractivity (Wildman–Crippen MR) is 83.2 cm³/mol. The molecule has 1 aliphatic rings. The van der Waals surface area contributed by atoms with Gasteiger partial charge in [0.05, 0.1) is 0 Å². The molecule has 0 saturated carbocycles. The van der Waals surface area contributed by atoms with E-state index in [0.29, 0.717) is 26.2 Å². The maximum Gasteiger partial charge on any atom is 0.253 e. The lowest BCUT2D eigenvalue weighted by atomic mass is 10.1. The van der Waals surface area contributed by atoms with E-state index in [2.05, 4.69) is 0 Å². The first-order chi connectivity index (χ1) is 9.90. The molecule has 1 heterocycles. The molecule has 4 heteroatoms. The van der Waals surface area contributed by atoms with Gasteiger partial charge in [0.1, 0.15) is 0 Å². The molecule has 0 unspecified atom stereocenters. The van der Waals surface area contributed by atoms with Crippen molar-refractivity contribution >= 4 is 11.8 Å². The highest BCUT2D eigenvalue weighted by Gasteiger charge is 2.25. The normalized spacial score (nSPS) is 15.5. The first-order valence-corrected chi connectivity index (χ1v) is 7.55. The van der Waals surface area contributed by atoms with Crippen LogP contribution in [0.3, 0.4) is 0 Å². The van der Waals surface area contributed by atoms with E-state index in [1.807, 2.05) is 55.7 Å². The maximum absolute atomic E-state index is 12.5. The molecule has 4 nitrogen and oxygen atoms in total. The molecule has 0 atom stereocenters. The Hall–Kier alpha value is -1.84. The van der Waals surface area contributed by atoms with E-state index in [4.69, 9.17) is 0 Å². The summed E-state index contributed by atoms with van der Waals surface area (Å²) in [5, 5.41) is 0. The van der Waals surface area contributed by atoms with Crippen LogP contribution in [0.5, 0.6) is 0 Å². The summed E-state index contributed by atoms with van der Waals surface area (Å²) in [6, 6.07) is 5.82. The fraction of sp³-hybridized carbons (Fsp3) is 0.529. The third kappa shape index (κ3) is 3.43. The smallest absolute Gasteiger partial charge is 0.253 e. The largest absolute Gasteiger partial charge is 0.339 e. The van der Waals surface area contributed by atoms with Gasteiger partial charge in [0.2, 0.25) is 5.91 Å². The Bertz CT molecular complexity index is 544. The van der Waals surface area contributed by atoms with Gasteiger partial charge in [-0.25, -0.2) is 0 Å². The molecule has 21 heavy (non-hydrogen) atoms. The van der Waals surface area contributed by atoms with Gasteiger partial charge in [-0.2, -0.15) is 0 Å². The maximum atomic E-state index is 12.5. The van der Waals surface area contributed by atoms with Crippen LogP contribution in [0.4, 0.5) is 0 Å². The zero-order chi connectivity index (χ0) is 15.6. The number of aryl methyl sites for hydroxylation is 2. The van der Waals surface area contributed by atoms with Crippen LogP contribution in [-0.2, 0) is 4.79 Å². The summed E-state index contributed by atoms with van der Waals surface area (Å²) < 4.78 is 0. The van der Waals surface area contributed by atoms with E-state index < -0.39 is 0 Å². The minimum atomic E-state index is 0.0204. The van der Waals surface area contributed by atoms with Gasteiger partial charge in [0, 0.05) is 37.7 Å². The molecule has 1 aromatic rings. The van der Waals surface area contributed by atoms with Crippen LogP contribution in [0.25, 0.3) is 0 Å². The van der Waals surface area contributed by atoms with Gasteiger partial charge in [0.15, 0.2) is 0 Å². The summed E-state index contributed by atoms with van der Waals surface area (Å²) in [5.41, 5.74) is 3.06. The number of piperazine rings is 1. The highest BCUT2D eigenvalue weighted by Crippen LogP contribution is 2.14. The van der Waals surface area contributed by atoms with Gasteiger partial charge >= 0.3 is 0 Å². The lowest BCUT2D eigenvalue weighted by molar-refractivity contribution is -0.135. The van der Waals surface area contributed by atoms with E-state index in [9.17, 15) is 9.59 Å². The Labute approximate surface area is 126 Å². The lowest BCUT2D eigenvalue weighted by Gasteiger charge is -2.35. The van der Waals surface area contributed by atoms with Crippen LogP contribution < -0.4 is 0 Å². The third-order valence-electron chi connectivity index (χ3n) is 4.13. The molecule has 0 bridgehead atoms. The van der Waals surface area contributed by atoms with Crippen molar-refractivity contribution in [1.82, 2.24) is 9.80 Å². The standard InChI is InChI=1S/C17H24N2O2/c1-12(2)16(20)18-7-9-19(10-8-18)17(21)15-6-5-13(3)14(4)11-15/h5-6,11-12H,7-10H2,1-4H3. The summed E-state index contributed by atoms with van der Waals surface area (Å²) in [4.78, 5) is 28.1. The number of carbonyl (C=O) groups excluding carboxylic acids is 2. The molecule has 114 valence electrons.